The number of aromatic nitrogens is 1. The van der Waals surface area contributed by atoms with Crippen LogP contribution in [0.2, 0.25) is 0 Å². The summed E-state index contributed by atoms with van der Waals surface area (Å²) in [5.41, 5.74) is 5.79. The number of halogens is 1. The fraction of sp³-hybridized carbons (Fsp3) is 0.308. The second kappa shape index (κ2) is 5.79. The smallest absolute Gasteiger partial charge is 0.281 e. The van der Waals surface area contributed by atoms with Crippen LogP contribution in [0.15, 0.2) is 24.4 Å². The van der Waals surface area contributed by atoms with Gasteiger partial charge in [-0.1, -0.05) is 0 Å². The van der Waals surface area contributed by atoms with Crippen LogP contribution in [0.3, 0.4) is 0 Å². The molecule has 0 amide bonds. The van der Waals surface area contributed by atoms with E-state index >= 15 is 0 Å². The summed E-state index contributed by atoms with van der Waals surface area (Å²) in [6.45, 7) is 3.22. The van der Waals surface area contributed by atoms with E-state index < -0.39 is 10.7 Å². The number of hydrogen-bond acceptors (Lipinski definition) is 5. The number of nitrogens with zero attached hydrogens (tertiary/aromatic N) is 3. The monoisotopic (exact) mass is 278 g/mol. The zero-order chi connectivity index (χ0) is 14.7. The third-order valence-corrected chi connectivity index (χ3v) is 3.09. The van der Waals surface area contributed by atoms with Crippen molar-refractivity contribution in [3.05, 3.63) is 40.3 Å². The first-order valence-corrected chi connectivity index (χ1v) is 6.26. The molecule has 0 radical (unpaired) electrons. The second-order valence-electron chi connectivity index (χ2n) is 4.25. The summed E-state index contributed by atoms with van der Waals surface area (Å²) in [4.78, 5) is 16.3. The molecule has 0 saturated carbocycles. The Balaban J connectivity index is 2.75. The maximum Gasteiger partial charge on any atom is 0.281 e. The first-order chi connectivity index (χ1) is 9.60. The topological polar surface area (TPSA) is 85.3 Å². The summed E-state index contributed by atoms with van der Waals surface area (Å²) in [5, 5.41) is 11.3. The summed E-state index contributed by atoms with van der Waals surface area (Å²) >= 11 is 0. The average Bonchev–Trinajstić information content (AvgIpc) is 2.44. The molecule has 7 heteroatoms. The van der Waals surface area contributed by atoms with E-state index in [4.69, 9.17) is 5.73 Å². The van der Waals surface area contributed by atoms with Crippen molar-refractivity contribution in [1.82, 2.24) is 4.98 Å². The molecule has 20 heavy (non-hydrogen) atoms. The van der Waals surface area contributed by atoms with Crippen LogP contribution in [-0.4, -0.2) is 29.5 Å². The Bertz CT molecular complexity index is 648. The lowest BCUT2D eigenvalue weighted by Crippen LogP contribution is -2.30. The minimum absolute atomic E-state index is 0.263. The van der Waals surface area contributed by atoms with Crippen molar-refractivity contribution in [3.8, 4) is 0 Å². The molecule has 6 nitrogen and oxygen atoms in total. The molecule has 0 aliphatic heterocycles. The first kappa shape index (κ1) is 14.1. The van der Waals surface area contributed by atoms with Crippen molar-refractivity contribution in [2.75, 3.05) is 24.5 Å². The highest BCUT2D eigenvalue weighted by atomic mass is 19.1. The van der Waals surface area contributed by atoms with Crippen LogP contribution in [0, 0.1) is 15.9 Å². The number of hydrogen-bond donors (Lipinski definition) is 1. The molecule has 0 spiro atoms. The zero-order valence-corrected chi connectivity index (χ0v) is 11.0. The van der Waals surface area contributed by atoms with Gasteiger partial charge in [-0.15, -0.1) is 0 Å². The van der Waals surface area contributed by atoms with Crippen molar-refractivity contribution in [2.45, 2.75) is 6.92 Å². The first-order valence-electron chi connectivity index (χ1n) is 6.26. The van der Waals surface area contributed by atoms with E-state index in [-0.39, 0.29) is 16.9 Å². The van der Waals surface area contributed by atoms with Gasteiger partial charge in [0.25, 0.3) is 5.69 Å². The number of likely N-dealkylation sites (N-methyl/N-ethyl adjacent to an activating group) is 1. The van der Waals surface area contributed by atoms with E-state index in [2.05, 4.69) is 4.98 Å². The zero-order valence-electron chi connectivity index (χ0n) is 11.0. The van der Waals surface area contributed by atoms with Crippen LogP contribution in [-0.2, 0) is 0 Å². The number of fused-ring (bicyclic) bond motifs is 1. The van der Waals surface area contributed by atoms with Crippen LogP contribution in [0.5, 0.6) is 0 Å². The lowest BCUT2D eigenvalue weighted by Gasteiger charge is -2.23. The standard InChI is InChI=1S/C13H15FN4O2/c1-2-17(7-5-15)13-10(14)8-11(18(19)20)9-4-3-6-16-12(9)13/h3-4,6,8H,2,5,7,15H2,1H3. The normalized spacial score (nSPS) is 10.8. The van der Waals surface area contributed by atoms with E-state index in [1.807, 2.05) is 6.92 Å². The van der Waals surface area contributed by atoms with Crippen molar-refractivity contribution in [1.29, 1.82) is 0 Å². The molecule has 0 unspecified atom stereocenters. The van der Waals surface area contributed by atoms with Gasteiger partial charge in [-0.25, -0.2) is 4.39 Å². The molecule has 0 aliphatic rings. The van der Waals surface area contributed by atoms with Gasteiger partial charge in [0, 0.05) is 25.8 Å². The SMILES string of the molecule is CCN(CCN)c1c(F)cc([N+](=O)[O-])c2cccnc12. The molecule has 0 aliphatic carbocycles. The average molecular weight is 278 g/mol. The number of pyridine rings is 1. The number of nitrogens with two attached hydrogens (primary N) is 1. The fourth-order valence-electron chi connectivity index (χ4n) is 2.22. The summed E-state index contributed by atoms with van der Waals surface area (Å²) in [6.07, 6.45) is 1.49. The largest absolute Gasteiger partial charge is 0.366 e. The Morgan fingerprint density at radius 1 is 1.55 bits per heavy atom. The number of rotatable bonds is 5. The number of nitro groups is 1. The summed E-state index contributed by atoms with van der Waals surface area (Å²) in [7, 11) is 0. The van der Waals surface area contributed by atoms with Crippen LogP contribution in [0.1, 0.15) is 6.92 Å². The molecule has 0 saturated heterocycles. The van der Waals surface area contributed by atoms with Crippen LogP contribution in [0.4, 0.5) is 15.8 Å². The molecule has 1 aromatic heterocycles. The number of non-ortho nitro benzene ring substituents is 1. The minimum atomic E-state index is -0.654. The predicted molar refractivity (Wildman–Crippen MR) is 75.3 cm³/mol. The number of anilines is 1. The van der Waals surface area contributed by atoms with Crippen LogP contribution >= 0.6 is 0 Å². The third-order valence-electron chi connectivity index (χ3n) is 3.09. The highest BCUT2D eigenvalue weighted by Crippen LogP contribution is 2.34. The molecule has 0 bridgehead atoms. The Kier molecular flexibility index (Phi) is 4.09. The van der Waals surface area contributed by atoms with Crippen LogP contribution < -0.4 is 10.6 Å². The van der Waals surface area contributed by atoms with Crippen LogP contribution in [0.25, 0.3) is 10.9 Å². The van der Waals surface area contributed by atoms with Gasteiger partial charge < -0.3 is 10.6 Å². The lowest BCUT2D eigenvalue weighted by atomic mass is 10.1. The minimum Gasteiger partial charge on any atom is -0.366 e. The van der Waals surface area contributed by atoms with E-state index in [9.17, 15) is 14.5 Å². The molecule has 0 fully saturated rings. The Hall–Kier alpha value is -2.28. The van der Waals surface area contributed by atoms with Gasteiger partial charge in [0.15, 0.2) is 5.82 Å². The van der Waals surface area contributed by atoms with Gasteiger partial charge in [-0.3, -0.25) is 15.1 Å². The van der Waals surface area contributed by atoms with Gasteiger partial charge in [0.2, 0.25) is 0 Å². The van der Waals surface area contributed by atoms with Gasteiger partial charge in [0.05, 0.1) is 16.4 Å². The van der Waals surface area contributed by atoms with E-state index in [1.165, 1.54) is 6.20 Å². The van der Waals surface area contributed by atoms with Crippen molar-refractivity contribution in [3.63, 3.8) is 0 Å². The third kappa shape index (κ3) is 2.39. The number of nitro benzene ring substituents is 1. The summed E-state index contributed by atoms with van der Waals surface area (Å²) < 4.78 is 14.3. The van der Waals surface area contributed by atoms with Gasteiger partial charge >= 0.3 is 0 Å². The Labute approximate surface area is 115 Å². The maximum absolute atomic E-state index is 14.3. The number of benzene rings is 1. The molecular weight excluding hydrogens is 263 g/mol. The molecule has 0 atom stereocenters. The maximum atomic E-state index is 14.3. The molecule has 1 aromatic carbocycles. The molecule has 2 N–H and O–H groups in total. The van der Waals surface area contributed by atoms with E-state index in [0.717, 1.165) is 6.07 Å². The highest BCUT2D eigenvalue weighted by molar-refractivity contribution is 5.97. The van der Waals surface area contributed by atoms with E-state index in [1.54, 1.807) is 17.0 Å². The Morgan fingerprint density at radius 3 is 2.90 bits per heavy atom. The molecule has 106 valence electrons. The van der Waals surface area contributed by atoms with Gasteiger partial charge in [-0.2, -0.15) is 0 Å². The second-order valence-corrected chi connectivity index (χ2v) is 4.25. The molecule has 2 rings (SSSR count). The fourth-order valence-corrected chi connectivity index (χ4v) is 2.22. The van der Waals surface area contributed by atoms with Gasteiger partial charge in [0.1, 0.15) is 11.2 Å². The summed E-state index contributed by atoms with van der Waals surface area (Å²) in [6, 6.07) is 4.11. The van der Waals surface area contributed by atoms with Crippen molar-refractivity contribution < 1.29 is 9.31 Å². The predicted octanol–water partition coefficient (Wildman–Crippen LogP) is 2.07. The molecule has 1 heterocycles. The van der Waals surface area contributed by atoms with E-state index in [0.29, 0.717) is 25.0 Å². The Morgan fingerprint density at radius 2 is 2.30 bits per heavy atom. The molecular formula is C13H15FN4O2. The highest BCUT2D eigenvalue weighted by Gasteiger charge is 2.22. The van der Waals surface area contributed by atoms with Crippen molar-refractivity contribution in [2.24, 2.45) is 5.73 Å². The lowest BCUT2D eigenvalue weighted by molar-refractivity contribution is -0.383. The van der Waals surface area contributed by atoms with Gasteiger partial charge in [-0.05, 0) is 19.1 Å². The summed E-state index contributed by atoms with van der Waals surface area (Å²) in [5.74, 6) is -0.654. The molecule has 2 aromatic rings. The van der Waals surface area contributed by atoms with Crippen molar-refractivity contribution >= 4 is 22.3 Å². The quantitative estimate of drug-likeness (QED) is 0.668.